The van der Waals surface area contributed by atoms with Crippen molar-refractivity contribution in [3.63, 3.8) is 0 Å². The molecule has 2 heterocycles. The van der Waals surface area contributed by atoms with Gasteiger partial charge in [-0.15, -0.1) is 0 Å². The molecule has 1 saturated heterocycles. The lowest BCUT2D eigenvalue weighted by Crippen LogP contribution is -2.50. The Bertz CT molecular complexity index is 560. The van der Waals surface area contributed by atoms with Crippen molar-refractivity contribution in [1.29, 1.82) is 0 Å². The summed E-state index contributed by atoms with van der Waals surface area (Å²) in [7, 11) is 1.91. The molecule has 1 aromatic heterocycles. The molecular formula is C17H27N3O3. The number of nitrogens with zero attached hydrogens (tertiary/aromatic N) is 3. The Morgan fingerprint density at radius 1 is 1.35 bits per heavy atom. The van der Waals surface area contributed by atoms with Gasteiger partial charge in [-0.25, -0.2) is 9.78 Å². The standard InChI is InChI=1S/C17H27N3O3/c1-17(2,3)23-16(22)14-7-5-6-10-20(14)15(21)9-8-13-11-18-12-19(13)4/h11-12,14H,5-10H2,1-4H3. The van der Waals surface area contributed by atoms with Gasteiger partial charge in [0.1, 0.15) is 11.6 Å². The SMILES string of the molecule is Cn1cncc1CCC(=O)N1CCCCC1C(=O)OC(C)(C)C. The topological polar surface area (TPSA) is 64.4 Å². The van der Waals surface area contributed by atoms with Gasteiger partial charge in [-0.05, 0) is 46.5 Å². The number of ether oxygens (including phenoxy) is 1. The molecule has 1 aliphatic heterocycles. The van der Waals surface area contributed by atoms with Crippen molar-refractivity contribution in [1.82, 2.24) is 14.5 Å². The minimum Gasteiger partial charge on any atom is -0.458 e. The summed E-state index contributed by atoms with van der Waals surface area (Å²) in [4.78, 5) is 30.7. The molecule has 0 N–H and O–H groups in total. The molecule has 1 aromatic rings. The summed E-state index contributed by atoms with van der Waals surface area (Å²) < 4.78 is 7.39. The second-order valence-electron chi connectivity index (χ2n) is 7.13. The first-order valence-corrected chi connectivity index (χ1v) is 8.25. The largest absolute Gasteiger partial charge is 0.458 e. The van der Waals surface area contributed by atoms with Gasteiger partial charge < -0.3 is 14.2 Å². The number of hydrogen-bond acceptors (Lipinski definition) is 4. The molecule has 1 fully saturated rings. The van der Waals surface area contributed by atoms with Crippen LogP contribution in [0.1, 0.15) is 52.1 Å². The maximum Gasteiger partial charge on any atom is 0.329 e. The van der Waals surface area contributed by atoms with Gasteiger partial charge in [0, 0.05) is 31.9 Å². The van der Waals surface area contributed by atoms with Crippen LogP contribution in [0.15, 0.2) is 12.5 Å². The summed E-state index contributed by atoms with van der Waals surface area (Å²) in [6.45, 7) is 6.18. The van der Waals surface area contributed by atoms with Gasteiger partial charge in [-0.1, -0.05) is 0 Å². The van der Waals surface area contributed by atoms with Crippen LogP contribution in [0, 0.1) is 0 Å². The fourth-order valence-electron chi connectivity index (χ4n) is 2.85. The highest BCUT2D eigenvalue weighted by Gasteiger charge is 2.34. The Morgan fingerprint density at radius 2 is 2.09 bits per heavy atom. The van der Waals surface area contributed by atoms with Crippen molar-refractivity contribution in [3.8, 4) is 0 Å². The fourth-order valence-corrected chi connectivity index (χ4v) is 2.85. The number of carbonyl (C=O) groups is 2. The zero-order valence-corrected chi connectivity index (χ0v) is 14.5. The molecule has 6 nitrogen and oxygen atoms in total. The van der Waals surface area contributed by atoms with Gasteiger partial charge in [0.2, 0.25) is 5.91 Å². The van der Waals surface area contributed by atoms with Gasteiger partial charge >= 0.3 is 5.97 Å². The second kappa shape index (κ2) is 7.15. The van der Waals surface area contributed by atoms with Crippen LogP contribution >= 0.6 is 0 Å². The number of hydrogen-bond donors (Lipinski definition) is 0. The number of rotatable bonds is 4. The van der Waals surface area contributed by atoms with Crippen LogP contribution < -0.4 is 0 Å². The summed E-state index contributed by atoms with van der Waals surface area (Å²) >= 11 is 0. The highest BCUT2D eigenvalue weighted by molar-refractivity contribution is 5.85. The van der Waals surface area contributed by atoms with E-state index in [2.05, 4.69) is 4.98 Å². The van der Waals surface area contributed by atoms with Crippen LogP contribution in [0.3, 0.4) is 0 Å². The number of aryl methyl sites for hydroxylation is 2. The summed E-state index contributed by atoms with van der Waals surface area (Å²) in [6.07, 6.45) is 7.10. The van der Waals surface area contributed by atoms with Gasteiger partial charge in [-0.3, -0.25) is 4.79 Å². The predicted molar refractivity (Wildman–Crippen MR) is 86.7 cm³/mol. The van der Waals surface area contributed by atoms with Gasteiger partial charge in [0.25, 0.3) is 0 Å². The Balaban J connectivity index is 1.98. The second-order valence-corrected chi connectivity index (χ2v) is 7.13. The smallest absolute Gasteiger partial charge is 0.329 e. The zero-order chi connectivity index (χ0) is 17.0. The van der Waals surface area contributed by atoms with Crippen molar-refractivity contribution in [2.45, 2.75) is 64.5 Å². The Morgan fingerprint density at radius 3 is 2.70 bits per heavy atom. The molecule has 1 amide bonds. The molecule has 0 saturated carbocycles. The van der Waals surface area contributed by atoms with E-state index in [1.54, 1.807) is 17.4 Å². The summed E-state index contributed by atoms with van der Waals surface area (Å²) in [5, 5.41) is 0. The molecule has 6 heteroatoms. The van der Waals surface area contributed by atoms with E-state index in [0.717, 1.165) is 18.5 Å². The van der Waals surface area contributed by atoms with Crippen LogP contribution in [-0.2, 0) is 27.8 Å². The van der Waals surface area contributed by atoms with E-state index in [1.807, 2.05) is 32.4 Å². The minimum atomic E-state index is -0.530. The molecule has 2 rings (SSSR count). The van der Waals surface area contributed by atoms with Crippen molar-refractivity contribution < 1.29 is 14.3 Å². The van der Waals surface area contributed by atoms with E-state index in [9.17, 15) is 9.59 Å². The molecule has 128 valence electrons. The number of likely N-dealkylation sites (tertiary alicyclic amines) is 1. The normalized spacial score (nSPS) is 18.8. The van der Waals surface area contributed by atoms with E-state index in [0.29, 0.717) is 25.8 Å². The van der Waals surface area contributed by atoms with Crippen molar-refractivity contribution >= 4 is 11.9 Å². The monoisotopic (exact) mass is 321 g/mol. The van der Waals surface area contributed by atoms with Gasteiger partial charge in [0.05, 0.1) is 6.33 Å². The number of amides is 1. The molecular weight excluding hydrogens is 294 g/mol. The predicted octanol–water partition coefficient (Wildman–Crippen LogP) is 2.08. The lowest BCUT2D eigenvalue weighted by atomic mass is 10.0. The Kier molecular flexibility index (Phi) is 5.44. The average Bonchev–Trinajstić information content (AvgIpc) is 2.88. The van der Waals surface area contributed by atoms with E-state index < -0.39 is 11.6 Å². The van der Waals surface area contributed by atoms with E-state index >= 15 is 0 Å². The number of piperidine rings is 1. The van der Waals surface area contributed by atoms with Gasteiger partial charge in [0.15, 0.2) is 0 Å². The third-order valence-electron chi connectivity index (χ3n) is 4.01. The van der Waals surface area contributed by atoms with Crippen LogP contribution in [0.2, 0.25) is 0 Å². The molecule has 0 aromatic carbocycles. The van der Waals surface area contributed by atoms with E-state index in [1.165, 1.54) is 0 Å². The summed E-state index contributed by atoms with van der Waals surface area (Å²) in [6, 6.07) is -0.443. The fraction of sp³-hybridized carbons (Fsp3) is 0.706. The lowest BCUT2D eigenvalue weighted by Gasteiger charge is -2.35. The van der Waals surface area contributed by atoms with E-state index in [4.69, 9.17) is 4.74 Å². The summed E-state index contributed by atoms with van der Waals surface area (Å²) in [5.41, 5.74) is 0.488. The number of carbonyl (C=O) groups excluding carboxylic acids is 2. The quantitative estimate of drug-likeness (QED) is 0.797. The van der Waals surface area contributed by atoms with Crippen LogP contribution in [0.25, 0.3) is 0 Å². The van der Waals surface area contributed by atoms with Crippen molar-refractivity contribution in [2.24, 2.45) is 7.05 Å². The maximum atomic E-state index is 12.6. The third-order valence-corrected chi connectivity index (χ3v) is 4.01. The number of imidazole rings is 1. The molecule has 23 heavy (non-hydrogen) atoms. The van der Waals surface area contributed by atoms with Crippen molar-refractivity contribution in [2.75, 3.05) is 6.54 Å². The van der Waals surface area contributed by atoms with Crippen LogP contribution in [-0.4, -0.2) is 44.5 Å². The Labute approximate surface area is 137 Å². The Hall–Kier alpha value is -1.85. The lowest BCUT2D eigenvalue weighted by molar-refractivity contribution is -0.166. The number of aromatic nitrogens is 2. The highest BCUT2D eigenvalue weighted by Crippen LogP contribution is 2.22. The zero-order valence-electron chi connectivity index (χ0n) is 14.5. The first-order chi connectivity index (χ1) is 10.8. The highest BCUT2D eigenvalue weighted by atomic mass is 16.6. The van der Waals surface area contributed by atoms with Gasteiger partial charge in [-0.2, -0.15) is 0 Å². The first-order valence-electron chi connectivity index (χ1n) is 8.25. The molecule has 1 atom stereocenters. The molecule has 0 aliphatic carbocycles. The first kappa shape index (κ1) is 17.5. The van der Waals surface area contributed by atoms with Crippen molar-refractivity contribution in [3.05, 3.63) is 18.2 Å². The average molecular weight is 321 g/mol. The molecule has 0 radical (unpaired) electrons. The molecule has 0 spiro atoms. The molecule has 1 unspecified atom stereocenters. The molecule has 0 bridgehead atoms. The maximum absolute atomic E-state index is 12.6. The summed E-state index contributed by atoms with van der Waals surface area (Å²) in [5.74, 6) is -0.271. The number of esters is 1. The van der Waals surface area contributed by atoms with Crippen LogP contribution in [0.5, 0.6) is 0 Å². The van der Waals surface area contributed by atoms with E-state index in [-0.39, 0.29) is 11.9 Å². The van der Waals surface area contributed by atoms with Crippen LogP contribution in [0.4, 0.5) is 0 Å². The molecule has 1 aliphatic rings. The minimum absolute atomic E-state index is 0.0155. The third kappa shape index (κ3) is 4.81.